The molecule has 0 saturated carbocycles. The van der Waals surface area contributed by atoms with Gasteiger partial charge in [-0.1, -0.05) is 38.1 Å². The average Bonchev–Trinajstić information content (AvgIpc) is 2.66. The van der Waals surface area contributed by atoms with Crippen LogP contribution in [0.4, 0.5) is 0 Å². The Morgan fingerprint density at radius 3 is 2.30 bits per heavy atom. The Kier molecular flexibility index (Phi) is 7.34. The number of carbonyl (C=O) groups excluding carboxylic acids is 1. The third kappa shape index (κ3) is 6.14. The number of rotatable bonds is 6. The summed E-state index contributed by atoms with van der Waals surface area (Å²) in [6.07, 6.45) is 1.30. The Balaban J connectivity index is 1.59. The van der Waals surface area contributed by atoms with Crippen LogP contribution >= 0.6 is 15.9 Å². The molecular formula is C22H28BrN3O3S. The predicted octanol–water partition coefficient (Wildman–Crippen LogP) is 3.50. The summed E-state index contributed by atoms with van der Waals surface area (Å²) in [6, 6.07) is 12.4. The van der Waals surface area contributed by atoms with Crippen molar-refractivity contribution in [3.63, 3.8) is 0 Å². The molecule has 0 aromatic heterocycles. The van der Waals surface area contributed by atoms with Gasteiger partial charge in [0.2, 0.25) is 10.0 Å². The van der Waals surface area contributed by atoms with Gasteiger partial charge in [0, 0.05) is 30.7 Å². The number of sulfonamides is 1. The number of hydrogen-bond acceptors (Lipinski definition) is 4. The van der Waals surface area contributed by atoms with Gasteiger partial charge in [-0.25, -0.2) is 13.6 Å². The Bertz CT molecular complexity index is 999. The molecule has 0 spiro atoms. The SMILES string of the molecule is CC1CC(C)CN(Cc2ccc(CNC(=O)c3cc(S(N)(=O)=O)ccc3Br)cc2)C1. The number of nitrogens with two attached hydrogens (primary N) is 1. The molecule has 1 heterocycles. The summed E-state index contributed by atoms with van der Waals surface area (Å²) in [4.78, 5) is 14.9. The first-order valence-corrected chi connectivity index (χ1v) is 12.4. The summed E-state index contributed by atoms with van der Waals surface area (Å²) in [5.41, 5.74) is 2.47. The standard InChI is InChI=1S/C22H28BrN3O3S/c1-15-9-16(2)13-26(12-15)14-18-5-3-17(4-6-18)11-25-22(27)20-10-19(30(24,28)29)7-8-21(20)23/h3-8,10,15-16H,9,11-14H2,1-2H3,(H,25,27)(H2,24,28,29). The highest BCUT2D eigenvalue weighted by Gasteiger charge is 2.21. The molecule has 0 aliphatic carbocycles. The fourth-order valence-electron chi connectivity index (χ4n) is 4.07. The number of hydrogen-bond donors (Lipinski definition) is 2. The van der Waals surface area contributed by atoms with Crippen molar-refractivity contribution in [2.75, 3.05) is 13.1 Å². The third-order valence-corrected chi connectivity index (χ3v) is 6.94. The predicted molar refractivity (Wildman–Crippen MR) is 121 cm³/mol. The zero-order valence-corrected chi connectivity index (χ0v) is 19.7. The zero-order valence-electron chi connectivity index (χ0n) is 17.3. The van der Waals surface area contributed by atoms with Crippen LogP contribution in [0.1, 0.15) is 41.8 Å². The number of piperidine rings is 1. The number of amides is 1. The molecule has 0 radical (unpaired) electrons. The number of benzene rings is 2. The van der Waals surface area contributed by atoms with Crippen LogP contribution in [0.25, 0.3) is 0 Å². The molecule has 1 fully saturated rings. The lowest BCUT2D eigenvalue weighted by molar-refractivity contribution is 0.0950. The van der Waals surface area contributed by atoms with Crippen molar-refractivity contribution in [1.82, 2.24) is 10.2 Å². The van der Waals surface area contributed by atoms with Gasteiger partial charge >= 0.3 is 0 Å². The minimum absolute atomic E-state index is 0.0958. The molecule has 2 atom stereocenters. The van der Waals surface area contributed by atoms with E-state index in [1.807, 2.05) is 12.1 Å². The van der Waals surface area contributed by atoms with Gasteiger partial charge in [0.1, 0.15) is 0 Å². The molecular weight excluding hydrogens is 466 g/mol. The largest absolute Gasteiger partial charge is 0.348 e. The van der Waals surface area contributed by atoms with Gasteiger partial charge < -0.3 is 5.32 Å². The van der Waals surface area contributed by atoms with E-state index in [0.29, 0.717) is 11.0 Å². The van der Waals surface area contributed by atoms with Crippen LogP contribution in [0, 0.1) is 11.8 Å². The second-order valence-corrected chi connectivity index (χ2v) is 10.7. The van der Waals surface area contributed by atoms with Crippen molar-refractivity contribution < 1.29 is 13.2 Å². The van der Waals surface area contributed by atoms with Crippen LogP contribution in [0.15, 0.2) is 51.8 Å². The maximum Gasteiger partial charge on any atom is 0.252 e. The van der Waals surface area contributed by atoms with E-state index in [4.69, 9.17) is 5.14 Å². The summed E-state index contributed by atoms with van der Waals surface area (Å²) in [5, 5.41) is 7.99. The molecule has 1 aliphatic rings. The van der Waals surface area contributed by atoms with Crippen molar-refractivity contribution in [1.29, 1.82) is 0 Å². The maximum absolute atomic E-state index is 12.5. The number of carbonyl (C=O) groups is 1. The maximum atomic E-state index is 12.5. The molecule has 30 heavy (non-hydrogen) atoms. The van der Waals surface area contributed by atoms with Crippen LogP contribution in [0.2, 0.25) is 0 Å². The molecule has 1 aliphatic heterocycles. The fraction of sp³-hybridized carbons (Fsp3) is 0.409. The monoisotopic (exact) mass is 493 g/mol. The number of primary sulfonamides is 1. The second kappa shape index (κ2) is 9.60. The van der Waals surface area contributed by atoms with E-state index >= 15 is 0 Å². The number of nitrogens with one attached hydrogen (secondary N) is 1. The minimum atomic E-state index is -3.87. The van der Waals surface area contributed by atoms with Crippen LogP contribution in [0.5, 0.6) is 0 Å². The van der Waals surface area contributed by atoms with E-state index in [9.17, 15) is 13.2 Å². The summed E-state index contributed by atoms with van der Waals surface area (Å²) in [5.74, 6) is 1.10. The topological polar surface area (TPSA) is 92.5 Å². The van der Waals surface area contributed by atoms with E-state index in [-0.39, 0.29) is 16.4 Å². The average molecular weight is 494 g/mol. The van der Waals surface area contributed by atoms with E-state index in [0.717, 1.165) is 37.0 Å². The number of nitrogens with zero attached hydrogens (tertiary/aromatic N) is 1. The van der Waals surface area contributed by atoms with E-state index in [1.54, 1.807) is 0 Å². The highest BCUT2D eigenvalue weighted by molar-refractivity contribution is 9.10. The van der Waals surface area contributed by atoms with Gasteiger partial charge in [0.25, 0.3) is 5.91 Å². The van der Waals surface area contributed by atoms with Crippen molar-refractivity contribution in [3.05, 3.63) is 63.6 Å². The first-order valence-electron chi connectivity index (χ1n) is 10.0. The smallest absolute Gasteiger partial charge is 0.252 e. The van der Waals surface area contributed by atoms with Crippen LogP contribution in [-0.2, 0) is 23.1 Å². The molecule has 0 bridgehead atoms. The molecule has 8 heteroatoms. The quantitative estimate of drug-likeness (QED) is 0.643. The molecule has 6 nitrogen and oxygen atoms in total. The first-order chi connectivity index (χ1) is 14.1. The van der Waals surface area contributed by atoms with Crippen molar-refractivity contribution >= 4 is 31.9 Å². The molecule has 3 N–H and O–H groups in total. The van der Waals surface area contributed by atoms with Crippen molar-refractivity contribution in [2.24, 2.45) is 17.0 Å². The van der Waals surface area contributed by atoms with E-state index in [2.05, 4.69) is 52.1 Å². The molecule has 2 aromatic carbocycles. The molecule has 2 aromatic rings. The van der Waals surface area contributed by atoms with Gasteiger partial charge in [-0.05, 0) is 63.5 Å². The van der Waals surface area contributed by atoms with E-state index in [1.165, 1.54) is 30.2 Å². The summed E-state index contributed by atoms with van der Waals surface area (Å²) in [6.45, 7) is 8.18. The first kappa shape index (κ1) is 22.9. The molecule has 3 rings (SSSR count). The summed E-state index contributed by atoms with van der Waals surface area (Å²) in [7, 11) is -3.87. The summed E-state index contributed by atoms with van der Waals surface area (Å²) < 4.78 is 23.6. The third-order valence-electron chi connectivity index (χ3n) is 5.34. The van der Waals surface area contributed by atoms with Crippen LogP contribution in [-0.4, -0.2) is 32.3 Å². The number of likely N-dealkylation sites (tertiary alicyclic amines) is 1. The second-order valence-electron chi connectivity index (χ2n) is 8.33. The lowest BCUT2D eigenvalue weighted by Crippen LogP contribution is -2.38. The van der Waals surface area contributed by atoms with Crippen molar-refractivity contribution in [2.45, 2.75) is 38.3 Å². The highest BCUT2D eigenvalue weighted by atomic mass is 79.9. The minimum Gasteiger partial charge on any atom is -0.348 e. The molecule has 1 amide bonds. The van der Waals surface area contributed by atoms with Gasteiger partial charge in [-0.2, -0.15) is 0 Å². The highest BCUT2D eigenvalue weighted by Crippen LogP contribution is 2.23. The fourth-order valence-corrected chi connectivity index (χ4v) is 5.04. The molecule has 162 valence electrons. The number of halogens is 1. The van der Waals surface area contributed by atoms with Gasteiger partial charge in [0.05, 0.1) is 10.5 Å². The molecule has 2 unspecified atom stereocenters. The van der Waals surface area contributed by atoms with Gasteiger partial charge in [-0.3, -0.25) is 9.69 Å². The van der Waals surface area contributed by atoms with E-state index < -0.39 is 10.0 Å². The normalized spacial score (nSPS) is 20.1. The molecule has 1 saturated heterocycles. The van der Waals surface area contributed by atoms with Crippen LogP contribution in [0.3, 0.4) is 0 Å². The lowest BCUT2D eigenvalue weighted by atomic mass is 9.91. The Labute approximate surface area is 187 Å². The Morgan fingerprint density at radius 2 is 1.70 bits per heavy atom. The van der Waals surface area contributed by atoms with Crippen molar-refractivity contribution in [3.8, 4) is 0 Å². The zero-order chi connectivity index (χ0) is 21.9. The lowest BCUT2D eigenvalue weighted by Gasteiger charge is -2.35. The summed E-state index contributed by atoms with van der Waals surface area (Å²) >= 11 is 3.29. The van der Waals surface area contributed by atoms with Crippen LogP contribution < -0.4 is 10.5 Å². The Hall–Kier alpha value is -1.74. The Morgan fingerprint density at radius 1 is 1.10 bits per heavy atom. The van der Waals surface area contributed by atoms with Gasteiger partial charge in [-0.15, -0.1) is 0 Å². The van der Waals surface area contributed by atoms with Gasteiger partial charge in [0.15, 0.2) is 0 Å².